The molecule has 1 N–H and O–H groups in total. The Balaban J connectivity index is 2.44. The quantitative estimate of drug-likeness (QED) is 0.766. The number of aromatic hydroxyl groups is 1. The van der Waals surface area contributed by atoms with Crippen LogP contribution in [0.1, 0.15) is 18.4 Å². The monoisotopic (exact) mass is 194 g/mol. The molecule has 0 aliphatic heterocycles. The van der Waals surface area contributed by atoms with Gasteiger partial charge in [0.25, 0.3) is 0 Å². The molecular formula is C8H10N4O2. The van der Waals surface area contributed by atoms with Crippen molar-refractivity contribution in [2.24, 2.45) is 0 Å². The molecule has 0 atom stereocenters. The van der Waals surface area contributed by atoms with Gasteiger partial charge in [0, 0.05) is 6.42 Å². The second kappa shape index (κ2) is 3.13. The van der Waals surface area contributed by atoms with E-state index in [4.69, 9.17) is 4.52 Å². The first-order chi connectivity index (χ1) is 6.72. The van der Waals surface area contributed by atoms with Crippen LogP contribution in [0.5, 0.6) is 5.88 Å². The third kappa shape index (κ3) is 1.24. The highest BCUT2D eigenvalue weighted by molar-refractivity contribution is 5.23. The molecule has 0 aliphatic carbocycles. The third-order valence-electron chi connectivity index (χ3n) is 1.96. The molecule has 0 fully saturated rings. The zero-order valence-corrected chi connectivity index (χ0v) is 7.93. The second-order valence-corrected chi connectivity index (χ2v) is 2.87. The predicted molar refractivity (Wildman–Crippen MR) is 47.2 cm³/mol. The van der Waals surface area contributed by atoms with E-state index >= 15 is 0 Å². The standard InChI is InChI=1S/C8H10N4O2/c1-3-6-10-8(14-11-6)12-4-9-7(13)5(12)2/h4,13H,3H2,1-2H3. The van der Waals surface area contributed by atoms with E-state index in [0.717, 1.165) is 0 Å². The summed E-state index contributed by atoms with van der Waals surface area (Å²) < 4.78 is 6.53. The molecule has 2 rings (SSSR count). The summed E-state index contributed by atoms with van der Waals surface area (Å²) >= 11 is 0. The van der Waals surface area contributed by atoms with Gasteiger partial charge in [-0.25, -0.2) is 4.98 Å². The summed E-state index contributed by atoms with van der Waals surface area (Å²) in [4.78, 5) is 7.83. The zero-order chi connectivity index (χ0) is 10.1. The van der Waals surface area contributed by atoms with Gasteiger partial charge in [-0.3, -0.25) is 4.57 Å². The van der Waals surface area contributed by atoms with Crippen LogP contribution >= 0.6 is 0 Å². The summed E-state index contributed by atoms with van der Waals surface area (Å²) in [5.74, 6) is 0.605. The Morgan fingerprint density at radius 3 is 2.86 bits per heavy atom. The highest BCUT2D eigenvalue weighted by Gasteiger charge is 2.12. The minimum absolute atomic E-state index is 0.0266. The fourth-order valence-corrected chi connectivity index (χ4v) is 1.08. The van der Waals surface area contributed by atoms with E-state index in [1.54, 1.807) is 11.5 Å². The van der Waals surface area contributed by atoms with Crippen molar-refractivity contribution in [2.75, 3.05) is 0 Å². The third-order valence-corrected chi connectivity index (χ3v) is 1.96. The Morgan fingerprint density at radius 2 is 2.36 bits per heavy atom. The minimum atomic E-state index is -0.0266. The van der Waals surface area contributed by atoms with Crippen LogP contribution in [0.3, 0.4) is 0 Å². The largest absolute Gasteiger partial charge is 0.492 e. The molecule has 0 saturated heterocycles. The van der Waals surface area contributed by atoms with Crippen molar-refractivity contribution in [1.29, 1.82) is 0 Å². The Bertz CT molecular complexity index is 446. The summed E-state index contributed by atoms with van der Waals surface area (Å²) in [5, 5.41) is 13.0. The van der Waals surface area contributed by atoms with Crippen molar-refractivity contribution >= 4 is 0 Å². The number of aryl methyl sites for hydroxylation is 1. The lowest BCUT2D eigenvalue weighted by Gasteiger charge is -1.94. The highest BCUT2D eigenvalue weighted by Crippen LogP contribution is 2.16. The smallest absolute Gasteiger partial charge is 0.333 e. The number of hydrogen-bond acceptors (Lipinski definition) is 5. The van der Waals surface area contributed by atoms with Crippen molar-refractivity contribution in [1.82, 2.24) is 19.7 Å². The topological polar surface area (TPSA) is 77.0 Å². The summed E-state index contributed by atoms with van der Waals surface area (Å²) in [6.45, 7) is 3.66. The Labute approximate surface area is 80.2 Å². The molecule has 2 aromatic rings. The van der Waals surface area contributed by atoms with E-state index in [2.05, 4.69) is 15.1 Å². The first kappa shape index (κ1) is 8.74. The van der Waals surface area contributed by atoms with Crippen LogP contribution in [0.15, 0.2) is 10.9 Å². The van der Waals surface area contributed by atoms with Crippen LogP contribution in [0.4, 0.5) is 0 Å². The molecule has 0 unspecified atom stereocenters. The molecular weight excluding hydrogens is 184 g/mol. The maximum atomic E-state index is 9.24. The molecule has 0 spiro atoms. The maximum absolute atomic E-state index is 9.24. The Hall–Kier alpha value is -1.85. The second-order valence-electron chi connectivity index (χ2n) is 2.87. The number of imidazole rings is 1. The lowest BCUT2D eigenvalue weighted by atomic mass is 10.5. The van der Waals surface area contributed by atoms with Gasteiger partial charge in [-0.2, -0.15) is 4.98 Å². The Morgan fingerprint density at radius 1 is 1.57 bits per heavy atom. The van der Waals surface area contributed by atoms with E-state index < -0.39 is 0 Å². The van der Waals surface area contributed by atoms with Crippen molar-refractivity contribution in [3.63, 3.8) is 0 Å². The average molecular weight is 194 g/mol. The fraction of sp³-hybridized carbons (Fsp3) is 0.375. The average Bonchev–Trinajstić information content (AvgIpc) is 2.75. The molecule has 0 aliphatic rings. The first-order valence-electron chi connectivity index (χ1n) is 4.28. The molecule has 14 heavy (non-hydrogen) atoms. The van der Waals surface area contributed by atoms with Gasteiger partial charge in [-0.1, -0.05) is 12.1 Å². The van der Waals surface area contributed by atoms with Gasteiger partial charge >= 0.3 is 6.01 Å². The molecule has 6 heteroatoms. The number of rotatable bonds is 2. The van der Waals surface area contributed by atoms with Crippen LogP contribution in [0, 0.1) is 6.92 Å². The van der Waals surface area contributed by atoms with Crippen LogP contribution < -0.4 is 0 Å². The summed E-state index contributed by atoms with van der Waals surface area (Å²) in [6.07, 6.45) is 2.15. The SMILES string of the molecule is CCc1noc(-n2cnc(O)c2C)n1. The number of nitrogens with zero attached hydrogens (tertiary/aromatic N) is 4. The molecule has 0 aromatic carbocycles. The number of aromatic nitrogens is 4. The van der Waals surface area contributed by atoms with E-state index in [1.807, 2.05) is 6.92 Å². The van der Waals surface area contributed by atoms with Gasteiger partial charge in [-0.15, -0.1) is 0 Å². The van der Waals surface area contributed by atoms with Crippen molar-refractivity contribution < 1.29 is 9.63 Å². The van der Waals surface area contributed by atoms with Gasteiger partial charge in [0.15, 0.2) is 5.82 Å². The van der Waals surface area contributed by atoms with Gasteiger partial charge in [0.05, 0.1) is 5.69 Å². The molecule has 74 valence electrons. The normalized spacial score (nSPS) is 10.7. The van der Waals surface area contributed by atoms with E-state index in [0.29, 0.717) is 24.0 Å². The summed E-state index contributed by atoms with van der Waals surface area (Å²) in [6, 6.07) is 0.326. The van der Waals surface area contributed by atoms with Crippen LogP contribution in [-0.2, 0) is 6.42 Å². The fourth-order valence-electron chi connectivity index (χ4n) is 1.08. The van der Waals surface area contributed by atoms with Crippen LogP contribution in [0.2, 0.25) is 0 Å². The maximum Gasteiger partial charge on any atom is 0.333 e. The summed E-state index contributed by atoms with van der Waals surface area (Å²) in [5.41, 5.74) is 0.580. The van der Waals surface area contributed by atoms with E-state index in [-0.39, 0.29) is 5.88 Å². The van der Waals surface area contributed by atoms with Crippen molar-refractivity contribution in [3.05, 3.63) is 17.8 Å². The van der Waals surface area contributed by atoms with Gasteiger partial charge in [-0.05, 0) is 6.92 Å². The number of hydrogen-bond donors (Lipinski definition) is 1. The molecule has 6 nitrogen and oxygen atoms in total. The van der Waals surface area contributed by atoms with Gasteiger partial charge in [0.2, 0.25) is 5.88 Å². The highest BCUT2D eigenvalue weighted by atomic mass is 16.5. The predicted octanol–water partition coefficient (Wildman–Crippen LogP) is 0.832. The molecule has 0 saturated carbocycles. The molecule has 0 radical (unpaired) electrons. The molecule has 0 amide bonds. The molecule has 2 heterocycles. The van der Waals surface area contributed by atoms with Gasteiger partial charge in [0.1, 0.15) is 6.33 Å². The first-order valence-corrected chi connectivity index (χ1v) is 4.28. The lowest BCUT2D eigenvalue weighted by molar-refractivity contribution is 0.394. The van der Waals surface area contributed by atoms with Gasteiger partial charge < -0.3 is 9.63 Å². The molecule has 0 bridgehead atoms. The van der Waals surface area contributed by atoms with Crippen LogP contribution in [0.25, 0.3) is 6.01 Å². The summed E-state index contributed by atoms with van der Waals surface area (Å²) in [7, 11) is 0. The van der Waals surface area contributed by atoms with Crippen molar-refractivity contribution in [3.8, 4) is 11.9 Å². The zero-order valence-electron chi connectivity index (χ0n) is 7.93. The Kier molecular flexibility index (Phi) is 1.95. The lowest BCUT2D eigenvalue weighted by Crippen LogP contribution is -1.95. The van der Waals surface area contributed by atoms with E-state index in [9.17, 15) is 5.11 Å². The van der Waals surface area contributed by atoms with Crippen molar-refractivity contribution in [2.45, 2.75) is 20.3 Å². The van der Waals surface area contributed by atoms with E-state index in [1.165, 1.54) is 6.33 Å². The minimum Gasteiger partial charge on any atom is -0.492 e. The van der Waals surface area contributed by atoms with Crippen LogP contribution in [-0.4, -0.2) is 24.8 Å². The molecule has 2 aromatic heterocycles.